The van der Waals surface area contributed by atoms with Crippen LogP contribution in [0.25, 0.3) is 0 Å². The summed E-state index contributed by atoms with van der Waals surface area (Å²) in [6, 6.07) is 8.46. The molecule has 0 unspecified atom stereocenters. The minimum Gasteiger partial charge on any atom is -0.314 e. The van der Waals surface area contributed by atoms with Crippen molar-refractivity contribution in [3.8, 4) is 0 Å². The Morgan fingerprint density at radius 2 is 2.00 bits per heavy atom. The number of nitrogens with zero attached hydrogens (tertiary/aromatic N) is 1. The van der Waals surface area contributed by atoms with Gasteiger partial charge in [0.15, 0.2) is 9.84 Å². The van der Waals surface area contributed by atoms with E-state index < -0.39 is 9.84 Å². The van der Waals surface area contributed by atoms with Gasteiger partial charge in [0.25, 0.3) is 0 Å². The molecule has 0 spiro atoms. The minimum absolute atomic E-state index is 0.0363. The average Bonchev–Trinajstić information content (AvgIpc) is 2.77. The lowest BCUT2D eigenvalue weighted by molar-refractivity contribution is 0.595. The molecule has 6 heteroatoms. The Hall–Kier alpha value is -1.24. The third-order valence-electron chi connectivity index (χ3n) is 2.37. The summed E-state index contributed by atoms with van der Waals surface area (Å²) in [4.78, 5) is 4.63. The van der Waals surface area contributed by atoms with Gasteiger partial charge in [0.05, 0.1) is 10.6 Å². The van der Waals surface area contributed by atoms with E-state index in [0.717, 1.165) is 5.69 Å². The van der Waals surface area contributed by atoms with Gasteiger partial charge in [0, 0.05) is 11.9 Å². The van der Waals surface area contributed by atoms with E-state index in [4.69, 9.17) is 0 Å². The molecule has 1 N–H and O–H groups in total. The number of benzene rings is 1. The molecule has 96 valence electrons. The molecule has 1 heterocycles. The second-order valence-corrected chi connectivity index (χ2v) is 6.77. The predicted octanol–water partition coefficient (Wildman–Crippen LogP) is 1.84. The maximum absolute atomic E-state index is 12.1. The summed E-state index contributed by atoms with van der Waals surface area (Å²) in [5.41, 5.74) is 0.876. The largest absolute Gasteiger partial charge is 0.314 e. The van der Waals surface area contributed by atoms with Gasteiger partial charge in [-0.15, -0.1) is 11.3 Å². The van der Waals surface area contributed by atoms with Crippen molar-refractivity contribution in [3.63, 3.8) is 0 Å². The molecular formula is C12H14N2O2S2. The quantitative estimate of drug-likeness (QED) is 0.909. The van der Waals surface area contributed by atoms with Crippen molar-refractivity contribution in [1.29, 1.82) is 0 Å². The molecule has 4 nitrogen and oxygen atoms in total. The molecule has 0 aliphatic carbocycles. The van der Waals surface area contributed by atoms with Gasteiger partial charge >= 0.3 is 0 Å². The van der Waals surface area contributed by atoms with Crippen LogP contribution in [0.5, 0.6) is 0 Å². The van der Waals surface area contributed by atoms with E-state index in [0.29, 0.717) is 16.4 Å². The lowest BCUT2D eigenvalue weighted by atomic mass is 10.4. The van der Waals surface area contributed by atoms with Crippen LogP contribution in [0.1, 0.15) is 10.7 Å². The zero-order chi connectivity index (χ0) is 13.0. The molecule has 2 rings (SSSR count). The highest BCUT2D eigenvalue weighted by Gasteiger charge is 2.16. The summed E-state index contributed by atoms with van der Waals surface area (Å²) in [6.45, 7) is 0.655. The van der Waals surface area contributed by atoms with Crippen molar-refractivity contribution < 1.29 is 8.42 Å². The second-order valence-electron chi connectivity index (χ2n) is 3.84. The van der Waals surface area contributed by atoms with Crippen LogP contribution in [0.2, 0.25) is 0 Å². The van der Waals surface area contributed by atoms with Crippen molar-refractivity contribution in [2.75, 3.05) is 7.05 Å². The van der Waals surface area contributed by atoms with Crippen LogP contribution in [0, 0.1) is 0 Å². The molecule has 0 amide bonds. The van der Waals surface area contributed by atoms with Crippen LogP contribution in [-0.4, -0.2) is 20.4 Å². The van der Waals surface area contributed by atoms with Gasteiger partial charge in [0.2, 0.25) is 0 Å². The van der Waals surface area contributed by atoms with Crippen molar-refractivity contribution in [2.45, 2.75) is 17.2 Å². The fourth-order valence-electron chi connectivity index (χ4n) is 1.55. The maximum Gasteiger partial charge on any atom is 0.184 e. The first-order valence-corrected chi connectivity index (χ1v) is 8.01. The van der Waals surface area contributed by atoms with Gasteiger partial charge in [0.1, 0.15) is 10.8 Å². The lowest BCUT2D eigenvalue weighted by Crippen LogP contribution is -2.07. The number of sulfone groups is 1. The van der Waals surface area contributed by atoms with Gasteiger partial charge in [-0.3, -0.25) is 0 Å². The molecule has 0 radical (unpaired) electrons. The van der Waals surface area contributed by atoms with Crippen LogP contribution in [0.3, 0.4) is 0 Å². The highest BCUT2D eigenvalue weighted by Crippen LogP contribution is 2.18. The standard InChI is InChI=1S/C12H14N2O2S2/c1-13-7-10-8-17-12(14-10)9-18(15,16)11-5-3-2-4-6-11/h2-6,8,13H,7,9H2,1H3. The van der Waals surface area contributed by atoms with Crippen LogP contribution in [0.4, 0.5) is 0 Å². The van der Waals surface area contributed by atoms with Crippen LogP contribution in [0.15, 0.2) is 40.6 Å². The number of thiazole rings is 1. The van der Waals surface area contributed by atoms with E-state index in [9.17, 15) is 8.42 Å². The molecular weight excluding hydrogens is 268 g/mol. The Morgan fingerprint density at radius 3 is 2.67 bits per heavy atom. The third-order valence-corrected chi connectivity index (χ3v) is 5.10. The zero-order valence-electron chi connectivity index (χ0n) is 9.96. The van der Waals surface area contributed by atoms with Crippen LogP contribution >= 0.6 is 11.3 Å². The molecule has 0 bridgehead atoms. The van der Waals surface area contributed by atoms with Crippen molar-refractivity contribution >= 4 is 21.2 Å². The van der Waals surface area contributed by atoms with E-state index in [1.807, 2.05) is 12.4 Å². The highest BCUT2D eigenvalue weighted by atomic mass is 32.2. The Balaban J connectivity index is 2.17. The van der Waals surface area contributed by atoms with Gasteiger partial charge in [-0.05, 0) is 19.2 Å². The van der Waals surface area contributed by atoms with Gasteiger partial charge < -0.3 is 5.32 Å². The zero-order valence-corrected chi connectivity index (χ0v) is 11.6. The number of aromatic nitrogens is 1. The van der Waals surface area contributed by atoms with E-state index in [-0.39, 0.29) is 5.75 Å². The van der Waals surface area contributed by atoms with E-state index >= 15 is 0 Å². The molecule has 0 saturated carbocycles. The molecule has 0 saturated heterocycles. The maximum atomic E-state index is 12.1. The lowest BCUT2D eigenvalue weighted by Gasteiger charge is -2.01. The molecule has 0 atom stereocenters. The first kappa shape index (κ1) is 13.2. The second kappa shape index (κ2) is 5.60. The molecule has 1 aromatic carbocycles. The van der Waals surface area contributed by atoms with Crippen molar-refractivity contribution in [1.82, 2.24) is 10.3 Å². The molecule has 18 heavy (non-hydrogen) atoms. The van der Waals surface area contributed by atoms with E-state index in [2.05, 4.69) is 10.3 Å². The summed E-state index contributed by atoms with van der Waals surface area (Å²) in [5, 5.41) is 5.50. The van der Waals surface area contributed by atoms with Gasteiger partial charge in [-0.25, -0.2) is 13.4 Å². The van der Waals surface area contributed by atoms with Crippen LogP contribution in [-0.2, 0) is 22.1 Å². The predicted molar refractivity (Wildman–Crippen MR) is 72.2 cm³/mol. The SMILES string of the molecule is CNCc1csc(CS(=O)(=O)c2ccccc2)n1. The number of nitrogens with one attached hydrogen (secondary N) is 1. The number of hydrogen-bond acceptors (Lipinski definition) is 5. The normalized spacial score (nSPS) is 11.6. The Kier molecular flexibility index (Phi) is 4.11. The van der Waals surface area contributed by atoms with Gasteiger partial charge in [-0.2, -0.15) is 0 Å². The van der Waals surface area contributed by atoms with Crippen molar-refractivity contribution in [2.24, 2.45) is 0 Å². The fourth-order valence-corrected chi connectivity index (χ4v) is 4.00. The Morgan fingerprint density at radius 1 is 1.28 bits per heavy atom. The molecule has 0 aliphatic rings. The summed E-state index contributed by atoms with van der Waals surface area (Å²) >= 11 is 1.38. The topological polar surface area (TPSA) is 59.1 Å². The summed E-state index contributed by atoms with van der Waals surface area (Å²) in [5.74, 6) is -0.0363. The fraction of sp³-hybridized carbons (Fsp3) is 0.250. The molecule has 0 aliphatic heterocycles. The first-order chi connectivity index (χ1) is 8.62. The van der Waals surface area contributed by atoms with Crippen LogP contribution < -0.4 is 5.32 Å². The molecule has 1 aromatic heterocycles. The van der Waals surface area contributed by atoms with E-state index in [1.165, 1.54) is 11.3 Å². The highest BCUT2D eigenvalue weighted by molar-refractivity contribution is 7.90. The van der Waals surface area contributed by atoms with Crippen molar-refractivity contribution in [3.05, 3.63) is 46.4 Å². The Bertz CT molecular complexity index is 606. The molecule has 0 fully saturated rings. The van der Waals surface area contributed by atoms with E-state index in [1.54, 1.807) is 30.3 Å². The first-order valence-electron chi connectivity index (χ1n) is 5.47. The minimum atomic E-state index is -3.29. The summed E-state index contributed by atoms with van der Waals surface area (Å²) in [7, 11) is -1.45. The third kappa shape index (κ3) is 3.16. The Labute approximate surface area is 111 Å². The average molecular weight is 282 g/mol. The number of hydrogen-bond donors (Lipinski definition) is 1. The summed E-state index contributed by atoms with van der Waals surface area (Å²) < 4.78 is 24.2. The monoisotopic (exact) mass is 282 g/mol. The number of rotatable bonds is 5. The van der Waals surface area contributed by atoms with Gasteiger partial charge in [-0.1, -0.05) is 18.2 Å². The smallest absolute Gasteiger partial charge is 0.184 e. The summed E-state index contributed by atoms with van der Waals surface area (Å²) in [6.07, 6.45) is 0. The molecule has 2 aromatic rings.